The Labute approximate surface area is 143 Å². The van der Waals surface area contributed by atoms with Crippen LogP contribution in [0.5, 0.6) is 0 Å². The highest BCUT2D eigenvalue weighted by Gasteiger charge is 2.31. The summed E-state index contributed by atoms with van der Waals surface area (Å²) in [5, 5.41) is 0. The maximum atomic E-state index is 2.40. The van der Waals surface area contributed by atoms with Gasteiger partial charge in [-0.05, 0) is 111 Å². The van der Waals surface area contributed by atoms with Crippen molar-refractivity contribution >= 4 is 0 Å². The lowest BCUT2D eigenvalue weighted by Crippen LogP contribution is -2.26. The summed E-state index contributed by atoms with van der Waals surface area (Å²) in [4.78, 5) is 0. The van der Waals surface area contributed by atoms with Gasteiger partial charge in [0.15, 0.2) is 0 Å². The van der Waals surface area contributed by atoms with Crippen molar-refractivity contribution in [1.29, 1.82) is 0 Å². The summed E-state index contributed by atoms with van der Waals surface area (Å²) in [5.41, 5.74) is 14.4. The van der Waals surface area contributed by atoms with Crippen LogP contribution in [-0.2, 0) is 5.41 Å². The number of hydrogen-bond donors (Lipinski definition) is 0. The number of rotatable bonds is 2. The molecular weight excluding hydrogens is 276 g/mol. The highest BCUT2D eigenvalue weighted by Crippen LogP contribution is 2.42. The third-order valence-corrected chi connectivity index (χ3v) is 5.98. The van der Waals surface area contributed by atoms with Crippen molar-refractivity contribution in [1.82, 2.24) is 0 Å². The van der Waals surface area contributed by atoms with Crippen molar-refractivity contribution in [2.24, 2.45) is 0 Å². The SMILES string of the molecule is Cc1cc(C)c(C)c(C(C)(C)c2c(C)c(C)cc(C)c2C)c1C. The molecule has 2 rings (SSSR count). The second kappa shape index (κ2) is 5.82. The van der Waals surface area contributed by atoms with E-state index in [2.05, 4.69) is 81.4 Å². The zero-order valence-corrected chi connectivity index (χ0v) is 16.7. The lowest BCUT2D eigenvalue weighted by Gasteiger charge is -2.35. The van der Waals surface area contributed by atoms with Gasteiger partial charge in [-0.1, -0.05) is 26.0 Å². The van der Waals surface area contributed by atoms with Gasteiger partial charge in [0.05, 0.1) is 0 Å². The lowest BCUT2D eigenvalue weighted by molar-refractivity contribution is 0.618. The number of aryl methyl sites for hydroxylation is 4. The standard InChI is InChI=1S/C23H32/c1-13-11-14(2)18(6)21(17(13)5)23(9,10)22-19(7)15(3)12-16(4)20(22)8/h11-12H,1-10H3. The number of hydrogen-bond acceptors (Lipinski definition) is 0. The summed E-state index contributed by atoms with van der Waals surface area (Å²) < 4.78 is 0. The molecule has 0 atom stereocenters. The summed E-state index contributed by atoms with van der Waals surface area (Å²) >= 11 is 0. The summed E-state index contributed by atoms with van der Waals surface area (Å²) in [6.07, 6.45) is 0. The van der Waals surface area contributed by atoms with Crippen LogP contribution in [0.4, 0.5) is 0 Å². The molecule has 23 heavy (non-hydrogen) atoms. The molecule has 0 heterocycles. The predicted octanol–water partition coefficient (Wildman–Crippen LogP) is 6.48. The molecule has 0 spiro atoms. The molecule has 0 nitrogen and oxygen atoms in total. The molecule has 0 saturated heterocycles. The quantitative estimate of drug-likeness (QED) is 0.595. The van der Waals surface area contributed by atoms with Crippen molar-refractivity contribution in [3.8, 4) is 0 Å². The van der Waals surface area contributed by atoms with Crippen LogP contribution in [0, 0.1) is 55.4 Å². The first-order chi connectivity index (χ1) is 10.5. The second-order valence-corrected chi connectivity index (χ2v) is 7.90. The third-order valence-electron chi connectivity index (χ3n) is 5.98. The molecule has 2 aromatic rings. The van der Waals surface area contributed by atoms with Crippen LogP contribution in [0.15, 0.2) is 12.1 Å². The summed E-state index contributed by atoms with van der Waals surface area (Å²) in [6, 6.07) is 4.65. The fourth-order valence-corrected chi connectivity index (χ4v) is 4.43. The van der Waals surface area contributed by atoms with Crippen LogP contribution >= 0.6 is 0 Å². The Bertz CT molecular complexity index is 656. The van der Waals surface area contributed by atoms with Crippen molar-refractivity contribution in [3.05, 3.63) is 67.8 Å². The molecule has 2 aromatic carbocycles. The Hall–Kier alpha value is -1.56. The minimum Gasteiger partial charge on any atom is -0.0558 e. The van der Waals surface area contributed by atoms with Crippen LogP contribution in [0.1, 0.15) is 69.5 Å². The van der Waals surface area contributed by atoms with E-state index < -0.39 is 0 Å². The van der Waals surface area contributed by atoms with E-state index in [1.807, 2.05) is 0 Å². The summed E-state index contributed by atoms with van der Waals surface area (Å²) in [7, 11) is 0. The van der Waals surface area contributed by atoms with Gasteiger partial charge in [-0.15, -0.1) is 0 Å². The van der Waals surface area contributed by atoms with Crippen LogP contribution in [0.2, 0.25) is 0 Å². The van der Waals surface area contributed by atoms with E-state index in [1.165, 1.54) is 55.6 Å². The third kappa shape index (κ3) is 2.73. The zero-order valence-electron chi connectivity index (χ0n) is 16.7. The summed E-state index contributed by atoms with van der Waals surface area (Å²) in [6.45, 7) is 22.9. The molecule has 0 radical (unpaired) electrons. The van der Waals surface area contributed by atoms with Gasteiger partial charge in [0.1, 0.15) is 0 Å². The van der Waals surface area contributed by atoms with Gasteiger partial charge in [0.25, 0.3) is 0 Å². The highest BCUT2D eigenvalue weighted by molar-refractivity contribution is 5.57. The smallest absolute Gasteiger partial charge is 0.0157 e. The van der Waals surface area contributed by atoms with Gasteiger partial charge < -0.3 is 0 Å². The highest BCUT2D eigenvalue weighted by atomic mass is 14.3. The van der Waals surface area contributed by atoms with Crippen molar-refractivity contribution in [3.63, 3.8) is 0 Å². The predicted molar refractivity (Wildman–Crippen MR) is 103 cm³/mol. The van der Waals surface area contributed by atoms with Gasteiger partial charge in [0, 0.05) is 5.41 Å². The van der Waals surface area contributed by atoms with Crippen molar-refractivity contribution in [2.45, 2.75) is 74.7 Å². The Morgan fingerprint density at radius 3 is 0.913 bits per heavy atom. The van der Waals surface area contributed by atoms with E-state index in [9.17, 15) is 0 Å². The molecule has 124 valence electrons. The fraction of sp³-hybridized carbons (Fsp3) is 0.478. The fourth-order valence-electron chi connectivity index (χ4n) is 4.43. The molecule has 0 fully saturated rings. The molecule has 0 unspecified atom stereocenters. The molecule has 0 N–H and O–H groups in total. The Morgan fingerprint density at radius 2 is 0.696 bits per heavy atom. The number of benzene rings is 2. The van der Waals surface area contributed by atoms with E-state index >= 15 is 0 Å². The largest absolute Gasteiger partial charge is 0.0558 e. The van der Waals surface area contributed by atoms with E-state index in [4.69, 9.17) is 0 Å². The van der Waals surface area contributed by atoms with Crippen molar-refractivity contribution in [2.75, 3.05) is 0 Å². The molecular formula is C23H32. The Kier molecular flexibility index (Phi) is 4.50. The summed E-state index contributed by atoms with van der Waals surface area (Å²) in [5.74, 6) is 0. The topological polar surface area (TPSA) is 0 Å². The van der Waals surface area contributed by atoms with Crippen LogP contribution in [0.3, 0.4) is 0 Å². The van der Waals surface area contributed by atoms with Gasteiger partial charge in [-0.2, -0.15) is 0 Å². The molecule has 0 amide bonds. The second-order valence-electron chi connectivity index (χ2n) is 7.90. The van der Waals surface area contributed by atoms with E-state index in [-0.39, 0.29) is 5.41 Å². The Morgan fingerprint density at radius 1 is 0.478 bits per heavy atom. The van der Waals surface area contributed by atoms with E-state index in [1.54, 1.807) is 0 Å². The van der Waals surface area contributed by atoms with E-state index in [0.717, 1.165) is 0 Å². The van der Waals surface area contributed by atoms with Crippen LogP contribution in [0.25, 0.3) is 0 Å². The Balaban J connectivity index is 2.90. The minimum atomic E-state index is 0.00981. The molecule has 0 aliphatic rings. The zero-order chi connectivity index (χ0) is 17.7. The first kappa shape index (κ1) is 17.8. The molecule has 0 saturated carbocycles. The average Bonchev–Trinajstić information content (AvgIpc) is 2.43. The average molecular weight is 309 g/mol. The van der Waals surface area contributed by atoms with Gasteiger partial charge >= 0.3 is 0 Å². The van der Waals surface area contributed by atoms with Crippen LogP contribution < -0.4 is 0 Å². The van der Waals surface area contributed by atoms with Gasteiger partial charge in [-0.3, -0.25) is 0 Å². The molecule has 0 heteroatoms. The molecule has 0 aliphatic heterocycles. The lowest BCUT2D eigenvalue weighted by atomic mass is 9.69. The van der Waals surface area contributed by atoms with Gasteiger partial charge in [-0.25, -0.2) is 0 Å². The van der Waals surface area contributed by atoms with Crippen molar-refractivity contribution < 1.29 is 0 Å². The first-order valence-corrected chi connectivity index (χ1v) is 8.65. The van der Waals surface area contributed by atoms with Crippen LogP contribution in [-0.4, -0.2) is 0 Å². The maximum absolute atomic E-state index is 2.40. The molecule has 0 bridgehead atoms. The normalized spacial score (nSPS) is 11.9. The minimum absolute atomic E-state index is 0.00981. The molecule has 0 aromatic heterocycles. The maximum Gasteiger partial charge on any atom is 0.0157 e. The molecule has 0 aliphatic carbocycles. The van der Waals surface area contributed by atoms with E-state index in [0.29, 0.717) is 0 Å². The first-order valence-electron chi connectivity index (χ1n) is 8.65. The van der Waals surface area contributed by atoms with Gasteiger partial charge in [0.2, 0.25) is 0 Å². The monoisotopic (exact) mass is 308 g/mol.